The number of amides is 1. The second-order valence-corrected chi connectivity index (χ2v) is 4.82. The predicted molar refractivity (Wildman–Crippen MR) is 58.1 cm³/mol. The van der Waals surface area contributed by atoms with Gasteiger partial charge in [0.2, 0.25) is 0 Å². The van der Waals surface area contributed by atoms with Crippen LogP contribution < -0.4 is 5.32 Å². The van der Waals surface area contributed by atoms with Crippen molar-refractivity contribution in [2.24, 2.45) is 0 Å². The first kappa shape index (κ1) is 12.5. The highest BCUT2D eigenvalue weighted by Crippen LogP contribution is 2.19. The van der Waals surface area contributed by atoms with Gasteiger partial charge in [-0.2, -0.15) is 0 Å². The van der Waals surface area contributed by atoms with Crippen LogP contribution in [-0.2, 0) is 9.53 Å². The fraction of sp³-hybridized carbons (Fsp3) is 0.636. The number of carboxylic acids is 1. The van der Waals surface area contributed by atoms with E-state index < -0.39 is 17.7 Å². The molecular weight excluding hydrogens is 210 g/mol. The van der Waals surface area contributed by atoms with Crippen LogP contribution in [0.4, 0.5) is 4.79 Å². The van der Waals surface area contributed by atoms with Gasteiger partial charge in [0.1, 0.15) is 5.60 Å². The molecule has 1 aliphatic carbocycles. The van der Waals surface area contributed by atoms with Crippen LogP contribution in [0.3, 0.4) is 0 Å². The van der Waals surface area contributed by atoms with E-state index in [4.69, 9.17) is 9.84 Å². The first-order valence-corrected chi connectivity index (χ1v) is 5.20. The molecule has 0 aromatic rings. The second kappa shape index (κ2) is 4.55. The van der Waals surface area contributed by atoms with E-state index in [1.54, 1.807) is 26.8 Å². The van der Waals surface area contributed by atoms with Crippen LogP contribution in [0.1, 0.15) is 33.6 Å². The monoisotopic (exact) mass is 227 g/mol. The number of hydrogen-bond donors (Lipinski definition) is 2. The fourth-order valence-corrected chi connectivity index (χ4v) is 1.48. The van der Waals surface area contributed by atoms with Gasteiger partial charge in [0, 0.05) is 11.6 Å². The molecule has 1 atom stereocenters. The lowest BCUT2D eigenvalue weighted by atomic mass is 10.2. The third kappa shape index (κ3) is 3.92. The number of nitrogens with one attached hydrogen (secondary N) is 1. The Morgan fingerprint density at radius 2 is 2.12 bits per heavy atom. The van der Waals surface area contributed by atoms with Crippen molar-refractivity contribution in [1.29, 1.82) is 0 Å². The van der Waals surface area contributed by atoms with E-state index in [1.165, 1.54) is 0 Å². The van der Waals surface area contributed by atoms with Crippen LogP contribution in [-0.4, -0.2) is 28.8 Å². The summed E-state index contributed by atoms with van der Waals surface area (Å²) >= 11 is 0. The van der Waals surface area contributed by atoms with E-state index in [1.807, 2.05) is 0 Å². The highest BCUT2D eigenvalue weighted by molar-refractivity contribution is 5.87. The predicted octanol–water partition coefficient (Wildman–Crippen LogP) is 1.68. The zero-order valence-corrected chi connectivity index (χ0v) is 9.74. The number of aliphatic carboxylic acids is 1. The standard InChI is InChI=1S/C11H17NO4/c1-11(2,3)16-10(15)12-8-5-4-7(6-8)9(13)14/h4,8H,5-6H2,1-3H3,(H,12,15)(H,13,14)/t8-/m0/s1. The SMILES string of the molecule is CC(C)(C)OC(=O)N[C@H]1CC=C(C(=O)O)C1. The molecule has 90 valence electrons. The first-order valence-electron chi connectivity index (χ1n) is 5.20. The third-order valence-corrected chi connectivity index (χ3v) is 2.11. The number of carbonyl (C=O) groups is 2. The van der Waals surface area contributed by atoms with Crippen LogP contribution in [0.5, 0.6) is 0 Å². The van der Waals surface area contributed by atoms with E-state index in [9.17, 15) is 9.59 Å². The van der Waals surface area contributed by atoms with E-state index in [2.05, 4.69) is 5.32 Å². The van der Waals surface area contributed by atoms with E-state index in [-0.39, 0.29) is 6.04 Å². The fourth-order valence-electron chi connectivity index (χ4n) is 1.48. The number of ether oxygens (including phenoxy) is 1. The van der Waals surface area contributed by atoms with Crippen molar-refractivity contribution in [3.63, 3.8) is 0 Å². The molecular formula is C11H17NO4. The van der Waals surface area contributed by atoms with Crippen LogP contribution in [0.2, 0.25) is 0 Å². The van der Waals surface area contributed by atoms with Crippen LogP contribution in [0, 0.1) is 0 Å². The maximum absolute atomic E-state index is 11.4. The maximum Gasteiger partial charge on any atom is 0.407 e. The van der Waals surface area contributed by atoms with Gasteiger partial charge >= 0.3 is 12.1 Å². The Bertz CT molecular complexity index is 327. The number of hydrogen-bond acceptors (Lipinski definition) is 3. The molecule has 0 unspecified atom stereocenters. The molecule has 0 saturated heterocycles. The molecule has 0 bridgehead atoms. The van der Waals surface area contributed by atoms with Gasteiger partial charge in [0.05, 0.1) is 0 Å². The molecule has 0 aromatic heterocycles. The van der Waals surface area contributed by atoms with Crippen molar-refractivity contribution in [1.82, 2.24) is 5.32 Å². The summed E-state index contributed by atoms with van der Waals surface area (Å²) in [6.45, 7) is 5.34. The van der Waals surface area contributed by atoms with Crippen LogP contribution in [0.25, 0.3) is 0 Å². The molecule has 2 N–H and O–H groups in total. The number of rotatable bonds is 2. The summed E-state index contributed by atoms with van der Waals surface area (Å²) < 4.78 is 5.07. The summed E-state index contributed by atoms with van der Waals surface area (Å²) in [5.74, 6) is -0.923. The molecule has 0 saturated carbocycles. The molecule has 0 radical (unpaired) electrons. The Kier molecular flexibility index (Phi) is 3.57. The molecule has 0 aromatic carbocycles. The molecule has 0 spiro atoms. The third-order valence-electron chi connectivity index (χ3n) is 2.11. The van der Waals surface area contributed by atoms with Crippen molar-refractivity contribution < 1.29 is 19.4 Å². The lowest BCUT2D eigenvalue weighted by molar-refractivity contribution is -0.132. The number of carboxylic acid groups (broad SMARTS) is 1. The molecule has 0 aliphatic heterocycles. The molecule has 5 heteroatoms. The van der Waals surface area contributed by atoms with E-state index in [0.29, 0.717) is 18.4 Å². The van der Waals surface area contributed by atoms with Crippen molar-refractivity contribution in [2.45, 2.75) is 45.3 Å². The summed E-state index contributed by atoms with van der Waals surface area (Å²) in [7, 11) is 0. The zero-order valence-electron chi connectivity index (χ0n) is 9.74. The van der Waals surface area contributed by atoms with Crippen molar-refractivity contribution >= 4 is 12.1 Å². The van der Waals surface area contributed by atoms with Crippen LogP contribution in [0.15, 0.2) is 11.6 Å². The average Bonchev–Trinajstić information content (AvgIpc) is 2.48. The Morgan fingerprint density at radius 3 is 2.56 bits per heavy atom. The lowest BCUT2D eigenvalue weighted by Gasteiger charge is -2.21. The van der Waals surface area contributed by atoms with Gasteiger partial charge in [0.25, 0.3) is 0 Å². The van der Waals surface area contributed by atoms with Gasteiger partial charge in [-0.25, -0.2) is 9.59 Å². The van der Waals surface area contributed by atoms with Crippen molar-refractivity contribution in [3.8, 4) is 0 Å². The average molecular weight is 227 g/mol. The molecule has 0 heterocycles. The number of carbonyl (C=O) groups excluding carboxylic acids is 1. The Labute approximate surface area is 94.5 Å². The summed E-state index contributed by atoms with van der Waals surface area (Å²) in [6, 6.07) is -0.166. The van der Waals surface area contributed by atoms with E-state index in [0.717, 1.165) is 0 Å². The minimum absolute atomic E-state index is 0.166. The van der Waals surface area contributed by atoms with E-state index >= 15 is 0 Å². The second-order valence-electron chi connectivity index (χ2n) is 4.82. The number of alkyl carbamates (subject to hydrolysis) is 1. The highest BCUT2D eigenvalue weighted by atomic mass is 16.6. The summed E-state index contributed by atoms with van der Waals surface area (Å²) in [5.41, 5.74) is -0.188. The summed E-state index contributed by atoms with van der Waals surface area (Å²) in [5, 5.41) is 11.4. The van der Waals surface area contributed by atoms with Crippen molar-refractivity contribution in [3.05, 3.63) is 11.6 Å². The minimum atomic E-state index is -0.923. The molecule has 16 heavy (non-hydrogen) atoms. The summed E-state index contributed by atoms with van der Waals surface area (Å²) in [4.78, 5) is 22.0. The normalized spacial score (nSPS) is 20.2. The zero-order chi connectivity index (χ0) is 12.3. The van der Waals surface area contributed by atoms with Crippen LogP contribution >= 0.6 is 0 Å². The largest absolute Gasteiger partial charge is 0.478 e. The highest BCUT2D eigenvalue weighted by Gasteiger charge is 2.24. The molecule has 0 fully saturated rings. The first-order chi connectivity index (χ1) is 7.28. The molecule has 5 nitrogen and oxygen atoms in total. The van der Waals surface area contributed by atoms with Gasteiger partial charge in [0.15, 0.2) is 0 Å². The van der Waals surface area contributed by atoms with Gasteiger partial charge < -0.3 is 15.2 Å². The van der Waals surface area contributed by atoms with Crippen molar-refractivity contribution in [2.75, 3.05) is 0 Å². The topological polar surface area (TPSA) is 75.6 Å². The smallest absolute Gasteiger partial charge is 0.407 e. The molecule has 1 rings (SSSR count). The Morgan fingerprint density at radius 1 is 1.50 bits per heavy atom. The van der Waals surface area contributed by atoms with Gasteiger partial charge in [-0.15, -0.1) is 0 Å². The minimum Gasteiger partial charge on any atom is -0.478 e. The quantitative estimate of drug-likeness (QED) is 0.752. The Balaban J connectivity index is 2.37. The Hall–Kier alpha value is -1.52. The molecule has 1 amide bonds. The van der Waals surface area contributed by atoms with Gasteiger partial charge in [-0.1, -0.05) is 6.08 Å². The van der Waals surface area contributed by atoms with Gasteiger partial charge in [-0.3, -0.25) is 0 Å². The molecule has 1 aliphatic rings. The van der Waals surface area contributed by atoms with Gasteiger partial charge in [-0.05, 0) is 33.6 Å². The lowest BCUT2D eigenvalue weighted by Crippen LogP contribution is -2.38. The maximum atomic E-state index is 11.4. The summed E-state index contributed by atoms with van der Waals surface area (Å²) in [6.07, 6.45) is 2.03.